The number of amides is 1. The predicted molar refractivity (Wildman–Crippen MR) is 164 cm³/mol. The molecule has 0 saturated carbocycles. The van der Waals surface area contributed by atoms with Crippen molar-refractivity contribution in [1.82, 2.24) is 14.8 Å². The molecule has 0 bridgehead atoms. The molecule has 14 heteroatoms. The van der Waals surface area contributed by atoms with Crippen molar-refractivity contribution in [3.8, 4) is 11.4 Å². The van der Waals surface area contributed by atoms with E-state index in [2.05, 4.69) is 25.1 Å². The van der Waals surface area contributed by atoms with E-state index in [1.165, 1.54) is 58.0 Å². The van der Waals surface area contributed by atoms with E-state index in [0.717, 1.165) is 16.8 Å². The van der Waals surface area contributed by atoms with Crippen LogP contribution in [0.25, 0.3) is 5.69 Å². The number of nitrogens with zero attached hydrogens (tertiary/aromatic N) is 5. The summed E-state index contributed by atoms with van der Waals surface area (Å²) < 4.78 is 57.4. The van der Waals surface area contributed by atoms with Crippen molar-refractivity contribution < 1.29 is 32.2 Å². The summed E-state index contributed by atoms with van der Waals surface area (Å²) >= 11 is 1.22. The van der Waals surface area contributed by atoms with Gasteiger partial charge in [0.1, 0.15) is 17.9 Å². The van der Waals surface area contributed by atoms with Crippen molar-refractivity contribution >= 4 is 34.2 Å². The molecule has 1 aliphatic rings. The van der Waals surface area contributed by atoms with Gasteiger partial charge in [0.15, 0.2) is 11.0 Å². The predicted octanol–water partition coefficient (Wildman–Crippen LogP) is 6.35. The standard InChI is InChI=1S/C31H30F4N6O3S/c1-18(2)24-12-4-19(3)14-26(24)41-28(42)16-45-30(41)38-29(43)37-21-7-5-20(25(32)15-21)6-13-27-36-17-40(39-27)22-8-10-23(11-9-22)44-31(33,34)35/h4-5,7-12,14-15,17-18,29,37,43H,6,13,16H2,1-3H3/b38-30-. The van der Waals surface area contributed by atoms with Crippen LogP contribution in [0.4, 0.5) is 28.9 Å². The smallest absolute Gasteiger partial charge is 0.406 e. The lowest BCUT2D eigenvalue weighted by atomic mass is 9.99. The quantitative estimate of drug-likeness (QED) is 0.154. The zero-order valence-electron chi connectivity index (χ0n) is 24.5. The average molecular weight is 643 g/mol. The molecule has 5 rings (SSSR count). The van der Waals surface area contributed by atoms with Gasteiger partial charge >= 0.3 is 6.36 Å². The zero-order chi connectivity index (χ0) is 32.3. The number of carbonyl (C=O) groups excluding carboxylic acids is 1. The lowest BCUT2D eigenvalue weighted by Gasteiger charge is -2.23. The third kappa shape index (κ3) is 8.00. The number of rotatable bonds is 10. The van der Waals surface area contributed by atoms with Crippen LogP contribution in [0, 0.1) is 12.7 Å². The summed E-state index contributed by atoms with van der Waals surface area (Å²) in [6, 6.07) is 15.5. The number of aliphatic hydroxyl groups excluding tert-OH is 1. The minimum atomic E-state index is -4.78. The van der Waals surface area contributed by atoms with Crippen LogP contribution in [0.3, 0.4) is 0 Å². The van der Waals surface area contributed by atoms with Crippen molar-refractivity contribution in [3.63, 3.8) is 0 Å². The third-order valence-electron chi connectivity index (χ3n) is 6.89. The van der Waals surface area contributed by atoms with Gasteiger partial charge in [-0.15, -0.1) is 13.2 Å². The highest BCUT2D eigenvalue weighted by molar-refractivity contribution is 8.15. The Bertz CT molecular complexity index is 1710. The maximum atomic E-state index is 15.0. The van der Waals surface area contributed by atoms with E-state index in [0.29, 0.717) is 34.4 Å². The van der Waals surface area contributed by atoms with E-state index in [9.17, 15) is 27.5 Å². The van der Waals surface area contributed by atoms with Crippen LogP contribution in [0.1, 0.15) is 42.3 Å². The first-order valence-electron chi connectivity index (χ1n) is 14.0. The number of aliphatic imine (C=N–C) groups is 1. The highest BCUT2D eigenvalue weighted by Crippen LogP contribution is 2.34. The van der Waals surface area contributed by atoms with Crippen molar-refractivity contribution in [2.24, 2.45) is 4.99 Å². The summed E-state index contributed by atoms with van der Waals surface area (Å²) in [6.45, 7) is 6.02. The molecule has 1 saturated heterocycles. The Morgan fingerprint density at radius 3 is 2.53 bits per heavy atom. The Morgan fingerprint density at radius 1 is 1.09 bits per heavy atom. The Labute approximate surface area is 260 Å². The van der Waals surface area contributed by atoms with Gasteiger partial charge in [-0.2, -0.15) is 5.10 Å². The number of thioether (sulfide) groups is 1. The molecule has 1 amide bonds. The van der Waals surface area contributed by atoms with Gasteiger partial charge in [-0.05, 0) is 78.4 Å². The van der Waals surface area contributed by atoms with Gasteiger partial charge in [-0.1, -0.05) is 43.8 Å². The summed E-state index contributed by atoms with van der Waals surface area (Å²) in [5.41, 5.74) is 3.89. The van der Waals surface area contributed by atoms with Gasteiger partial charge in [-0.3, -0.25) is 9.69 Å². The molecule has 3 aromatic carbocycles. The number of benzene rings is 3. The largest absolute Gasteiger partial charge is 0.573 e. The van der Waals surface area contributed by atoms with Gasteiger partial charge in [0.25, 0.3) is 0 Å². The molecular weight excluding hydrogens is 612 g/mol. The molecule has 0 aliphatic carbocycles. The molecule has 45 heavy (non-hydrogen) atoms. The number of hydrogen-bond donors (Lipinski definition) is 2. The Kier molecular flexibility index (Phi) is 9.44. The lowest BCUT2D eigenvalue weighted by molar-refractivity contribution is -0.274. The number of carbonyl (C=O) groups is 1. The van der Waals surface area contributed by atoms with Crippen LogP contribution in [0.15, 0.2) is 72.0 Å². The molecule has 9 nitrogen and oxygen atoms in total. The van der Waals surface area contributed by atoms with Crippen LogP contribution in [-0.4, -0.2) is 49.4 Å². The van der Waals surface area contributed by atoms with Crippen molar-refractivity contribution in [3.05, 3.63) is 95.3 Å². The van der Waals surface area contributed by atoms with Crippen LogP contribution in [-0.2, 0) is 17.6 Å². The summed E-state index contributed by atoms with van der Waals surface area (Å²) in [6.07, 6.45) is -4.21. The second kappa shape index (κ2) is 13.3. The first-order chi connectivity index (χ1) is 21.4. The van der Waals surface area contributed by atoms with Crippen molar-refractivity contribution in [1.29, 1.82) is 0 Å². The molecule has 4 aromatic rings. The van der Waals surface area contributed by atoms with Gasteiger partial charge < -0.3 is 15.2 Å². The van der Waals surface area contributed by atoms with E-state index in [-0.39, 0.29) is 29.7 Å². The first kappa shape index (κ1) is 32.0. The highest BCUT2D eigenvalue weighted by atomic mass is 32.2. The topological polar surface area (TPSA) is 105 Å². The number of ether oxygens (including phenoxy) is 1. The molecule has 0 radical (unpaired) electrons. The van der Waals surface area contributed by atoms with E-state index in [1.54, 1.807) is 12.1 Å². The number of hydrogen-bond acceptors (Lipinski definition) is 8. The molecular formula is C31H30F4N6O3S. The van der Waals surface area contributed by atoms with Crippen molar-refractivity contribution in [2.45, 2.75) is 52.2 Å². The normalized spacial score (nSPS) is 15.3. The fourth-order valence-electron chi connectivity index (χ4n) is 4.74. The van der Waals surface area contributed by atoms with Crippen LogP contribution in [0.2, 0.25) is 0 Å². The van der Waals surface area contributed by atoms with Gasteiger partial charge in [0.05, 0.1) is 17.1 Å². The van der Waals surface area contributed by atoms with E-state index in [4.69, 9.17) is 0 Å². The first-order valence-corrected chi connectivity index (χ1v) is 15.0. The Hall–Kier alpha value is -4.43. The number of aryl methyl sites for hydroxylation is 3. The molecule has 1 atom stereocenters. The number of nitrogens with one attached hydrogen (secondary N) is 1. The van der Waals surface area contributed by atoms with E-state index >= 15 is 0 Å². The average Bonchev–Trinajstić information content (AvgIpc) is 3.58. The zero-order valence-corrected chi connectivity index (χ0v) is 25.4. The molecule has 2 heterocycles. The molecule has 236 valence electrons. The maximum Gasteiger partial charge on any atom is 0.573 e. The van der Waals surface area contributed by atoms with Gasteiger partial charge in [-0.25, -0.2) is 19.0 Å². The maximum absolute atomic E-state index is 15.0. The molecule has 0 spiro atoms. The molecule has 1 aromatic heterocycles. The van der Waals surface area contributed by atoms with Crippen molar-refractivity contribution in [2.75, 3.05) is 16.0 Å². The fraction of sp³-hybridized carbons (Fsp3) is 0.290. The van der Waals surface area contributed by atoms with E-state index in [1.807, 2.05) is 39.0 Å². The van der Waals surface area contributed by atoms with Gasteiger partial charge in [0, 0.05) is 12.1 Å². The monoisotopic (exact) mass is 642 g/mol. The number of alkyl halides is 3. The Balaban J connectivity index is 1.21. The molecule has 1 unspecified atom stereocenters. The number of amidine groups is 1. The SMILES string of the molecule is Cc1ccc(C(C)C)c(N2C(=O)CS/C2=N\C(O)Nc2ccc(CCc3ncn(-c4ccc(OC(F)(F)F)cc4)n3)c(F)c2)c1. The number of aliphatic hydroxyl groups is 1. The van der Waals surface area contributed by atoms with Crippen LogP contribution >= 0.6 is 11.8 Å². The van der Waals surface area contributed by atoms with Gasteiger partial charge in [0.2, 0.25) is 12.3 Å². The minimum Gasteiger partial charge on any atom is -0.406 e. The summed E-state index contributed by atoms with van der Waals surface area (Å²) in [5.74, 6) is -0.220. The van der Waals surface area contributed by atoms with E-state index < -0.39 is 18.5 Å². The summed E-state index contributed by atoms with van der Waals surface area (Å²) in [4.78, 5) is 22.9. The fourth-order valence-corrected chi connectivity index (χ4v) is 5.62. The number of aromatic nitrogens is 3. The van der Waals surface area contributed by atoms with Crippen LogP contribution < -0.4 is 15.0 Å². The number of anilines is 2. The summed E-state index contributed by atoms with van der Waals surface area (Å²) in [5, 5.41) is 18.1. The summed E-state index contributed by atoms with van der Waals surface area (Å²) in [7, 11) is 0. The lowest BCUT2D eigenvalue weighted by Crippen LogP contribution is -2.32. The highest BCUT2D eigenvalue weighted by Gasteiger charge is 2.33. The molecule has 2 N–H and O–H groups in total. The second-order valence-corrected chi connectivity index (χ2v) is 11.6. The second-order valence-electron chi connectivity index (χ2n) is 10.6. The Morgan fingerprint density at radius 2 is 1.84 bits per heavy atom. The number of halogens is 4. The molecule has 1 aliphatic heterocycles. The van der Waals surface area contributed by atoms with Crippen LogP contribution in [0.5, 0.6) is 5.75 Å². The third-order valence-corrected chi connectivity index (χ3v) is 7.83. The minimum absolute atomic E-state index is 0.137. The molecule has 1 fully saturated rings.